The molecule has 1 heterocycles. The standard InChI is InChI=1S/C15H25N3O2S/c1-3-10-18-11-8-14(9-12-18)17(2)21(19,20)15-6-4-13(16)5-7-15/h4-7,14H,3,8-12,16H2,1-2H3. The summed E-state index contributed by atoms with van der Waals surface area (Å²) in [6.45, 7) is 5.21. The van der Waals surface area contributed by atoms with Crippen LogP contribution >= 0.6 is 0 Å². The fraction of sp³-hybridized carbons (Fsp3) is 0.600. The smallest absolute Gasteiger partial charge is 0.243 e. The van der Waals surface area contributed by atoms with Gasteiger partial charge in [-0.3, -0.25) is 0 Å². The van der Waals surface area contributed by atoms with Gasteiger partial charge in [-0.1, -0.05) is 6.92 Å². The van der Waals surface area contributed by atoms with Crippen molar-refractivity contribution < 1.29 is 8.42 Å². The van der Waals surface area contributed by atoms with E-state index in [4.69, 9.17) is 5.73 Å². The third-order valence-electron chi connectivity index (χ3n) is 4.17. The highest BCUT2D eigenvalue weighted by atomic mass is 32.2. The van der Waals surface area contributed by atoms with E-state index in [1.807, 2.05) is 0 Å². The predicted octanol–water partition coefficient (Wildman–Crippen LogP) is 1.76. The van der Waals surface area contributed by atoms with Gasteiger partial charge in [0.1, 0.15) is 0 Å². The molecule has 2 N–H and O–H groups in total. The van der Waals surface area contributed by atoms with Gasteiger partial charge in [-0.2, -0.15) is 4.31 Å². The van der Waals surface area contributed by atoms with E-state index in [1.54, 1.807) is 31.3 Å². The number of piperidine rings is 1. The predicted molar refractivity (Wildman–Crippen MR) is 85.6 cm³/mol. The molecule has 2 rings (SSSR count). The van der Waals surface area contributed by atoms with E-state index < -0.39 is 10.0 Å². The molecule has 0 spiro atoms. The largest absolute Gasteiger partial charge is 0.399 e. The summed E-state index contributed by atoms with van der Waals surface area (Å²) in [5.41, 5.74) is 6.19. The minimum Gasteiger partial charge on any atom is -0.399 e. The first-order valence-corrected chi connectivity index (χ1v) is 8.95. The summed E-state index contributed by atoms with van der Waals surface area (Å²) in [4.78, 5) is 2.72. The zero-order valence-corrected chi connectivity index (χ0v) is 13.6. The van der Waals surface area contributed by atoms with Gasteiger partial charge < -0.3 is 10.6 Å². The maximum absolute atomic E-state index is 12.6. The van der Waals surface area contributed by atoms with Crippen molar-refractivity contribution in [3.63, 3.8) is 0 Å². The number of benzene rings is 1. The van der Waals surface area contributed by atoms with Crippen molar-refractivity contribution in [3.05, 3.63) is 24.3 Å². The second-order valence-electron chi connectivity index (χ2n) is 5.66. The van der Waals surface area contributed by atoms with Crippen LogP contribution in [0.5, 0.6) is 0 Å². The van der Waals surface area contributed by atoms with Crippen molar-refractivity contribution in [3.8, 4) is 0 Å². The van der Waals surface area contributed by atoms with E-state index in [2.05, 4.69) is 11.8 Å². The van der Waals surface area contributed by atoms with Crippen molar-refractivity contribution >= 4 is 15.7 Å². The molecule has 118 valence electrons. The highest BCUT2D eigenvalue weighted by Crippen LogP contribution is 2.23. The fourth-order valence-corrected chi connectivity index (χ4v) is 4.24. The van der Waals surface area contributed by atoms with Crippen LogP contribution in [0.2, 0.25) is 0 Å². The van der Waals surface area contributed by atoms with Crippen LogP contribution in [0.15, 0.2) is 29.2 Å². The topological polar surface area (TPSA) is 66.6 Å². The zero-order chi connectivity index (χ0) is 15.5. The molecule has 0 aliphatic carbocycles. The van der Waals surface area contributed by atoms with E-state index in [9.17, 15) is 8.42 Å². The van der Waals surface area contributed by atoms with Gasteiger partial charge >= 0.3 is 0 Å². The summed E-state index contributed by atoms with van der Waals surface area (Å²) < 4.78 is 26.8. The van der Waals surface area contributed by atoms with Gasteiger partial charge in [0.2, 0.25) is 10.0 Å². The van der Waals surface area contributed by atoms with Crippen LogP contribution < -0.4 is 5.73 Å². The molecule has 0 atom stereocenters. The lowest BCUT2D eigenvalue weighted by molar-refractivity contribution is 0.170. The number of hydrogen-bond acceptors (Lipinski definition) is 4. The number of sulfonamides is 1. The molecule has 21 heavy (non-hydrogen) atoms. The number of anilines is 1. The van der Waals surface area contributed by atoms with Gasteiger partial charge in [0.25, 0.3) is 0 Å². The summed E-state index contributed by atoms with van der Waals surface area (Å²) in [5.74, 6) is 0. The Morgan fingerprint density at radius 3 is 2.33 bits per heavy atom. The second kappa shape index (κ2) is 6.77. The van der Waals surface area contributed by atoms with Crippen molar-refractivity contribution in [1.82, 2.24) is 9.21 Å². The quantitative estimate of drug-likeness (QED) is 0.842. The van der Waals surface area contributed by atoms with E-state index in [0.29, 0.717) is 10.6 Å². The zero-order valence-electron chi connectivity index (χ0n) is 12.8. The average Bonchev–Trinajstić information content (AvgIpc) is 2.48. The number of hydrogen-bond donors (Lipinski definition) is 1. The third kappa shape index (κ3) is 3.75. The normalized spacial score (nSPS) is 18.2. The van der Waals surface area contributed by atoms with Crippen LogP contribution in [-0.2, 0) is 10.0 Å². The molecular formula is C15H25N3O2S. The minimum atomic E-state index is -3.43. The first kappa shape index (κ1) is 16.3. The van der Waals surface area contributed by atoms with E-state index in [-0.39, 0.29) is 6.04 Å². The summed E-state index contributed by atoms with van der Waals surface area (Å²) in [6, 6.07) is 6.50. The maximum Gasteiger partial charge on any atom is 0.243 e. The molecule has 0 amide bonds. The van der Waals surface area contributed by atoms with Crippen molar-refractivity contribution in [2.24, 2.45) is 0 Å². The lowest BCUT2D eigenvalue weighted by Crippen LogP contribution is -2.45. The van der Waals surface area contributed by atoms with Crippen LogP contribution in [0.3, 0.4) is 0 Å². The van der Waals surface area contributed by atoms with E-state index in [1.165, 1.54) is 4.31 Å². The summed E-state index contributed by atoms with van der Waals surface area (Å²) in [6.07, 6.45) is 2.93. The molecule has 1 aromatic carbocycles. The van der Waals surface area contributed by atoms with Crippen LogP contribution in [0.1, 0.15) is 26.2 Å². The SMILES string of the molecule is CCCN1CCC(N(C)S(=O)(=O)c2ccc(N)cc2)CC1. The van der Waals surface area contributed by atoms with Gasteiger partial charge in [0, 0.05) is 18.8 Å². The Morgan fingerprint density at radius 2 is 1.81 bits per heavy atom. The van der Waals surface area contributed by atoms with Gasteiger partial charge in [0.05, 0.1) is 4.90 Å². The molecular weight excluding hydrogens is 286 g/mol. The third-order valence-corrected chi connectivity index (χ3v) is 6.09. The maximum atomic E-state index is 12.6. The highest BCUT2D eigenvalue weighted by molar-refractivity contribution is 7.89. The van der Waals surface area contributed by atoms with Crippen molar-refractivity contribution in [2.75, 3.05) is 32.4 Å². The minimum absolute atomic E-state index is 0.0839. The van der Waals surface area contributed by atoms with Crippen LogP contribution in [0.4, 0.5) is 5.69 Å². The lowest BCUT2D eigenvalue weighted by atomic mass is 10.1. The number of likely N-dealkylation sites (tertiary alicyclic amines) is 1. The summed E-state index contributed by atoms with van der Waals surface area (Å²) in [5, 5.41) is 0. The molecule has 0 saturated carbocycles. The number of nitrogens with zero attached hydrogens (tertiary/aromatic N) is 2. The first-order chi connectivity index (χ1) is 9.95. The van der Waals surface area contributed by atoms with Crippen molar-refractivity contribution in [2.45, 2.75) is 37.1 Å². The Hall–Kier alpha value is -1.11. The van der Waals surface area contributed by atoms with E-state index >= 15 is 0 Å². The van der Waals surface area contributed by atoms with Crippen molar-refractivity contribution in [1.29, 1.82) is 0 Å². The molecule has 5 nitrogen and oxygen atoms in total. The molecule has 1 fully saturated rings. The summed E-state index contributed by atoms with van der Waals surface area (Å²) in [7, 11) is -1.74. The number of rotatable bonds is 5. The number of nitrogen functional groups attached to an aromatic ring is 1. The molecule has 0 aromatic heterocycles. The Morgan fingerprint density at radius 1 is 1.24 bits per heavy atom. The average molecular weight is 311 g/mol. The molecule has 1 aromatic rings. The molecule has 0 unspecified atom stereocenters. The van der Waals surface area contributed by atoms with Crippen LogP contribution in [0.25, 0.3) is 0 Å². The number of nitrogens with two attached hydrogens (primary N) is 1. The van der Waals surface area contributed by atoms with Gasteiger partial charge in [0.15, 0.2) is 0 Å². The van der Waals surface area contributed by atoms with Gasteiger partial charge in [-0.05, 0) is 63.2 Å². The van der Waals surface area contributed by atoms with Gasteiger partial charge in [-0.25, -0.2) is 8.42 Å². The summed E-state index contributed by atoms with van der Waals surface area (Å²) >= 11 is 0. The first-order valence-electron chi connectivity index (χ1n) is 7.51. The molecule has 1 aliphatic heterocycles. The Labute approximate surface area is 127 Å². The molecule has 6 heteroatoms. The Balaban J connectivity index is 2.05. The monoisotopic (exact) mass is 311 g/mol. The molecule has 0 radical (unpaired) electrons. The lowest BCUT2D eigenvalue weighted by Gasteiger charge is -2.36. The van der Waals surface area contributed by atoms with Gasteiger partial charge in [-0.15, -0.1) is 0 Å². The second-order valence-corrected chi connectivity index (χ2v) is 7.66. The molecule has 1 aliphatic rings. The Kier molecular flexibility index (Phi) is 5.24. The molecule has 0 bridgehead atoms. The van der Waals surface area contributed by atoms with Crippen LogP contribution in [0, 0.1) is 0 Å². The highest BCUT2D eigenvalue weighted by Gasteiger charge is 2.30. The van der Waals surface area contributed by atoms with Crippen LogP contribution in [-0.4, -0.2) is 50.3 Å². The fourth-order valence-electron chi connectivity index (χ4n) is 2.83. The Bertz CT molecular complexity index is 549. The molecule has 1 saturated heterocycles. The van der Waals surface area contributed by atoms with E-state index in [0.717, 1.165) is 38.9 Å².